The first-order valence-electron chi connectivity index (χ1n) is 8.47. The average molecular weight is 376 g/mol. The number of phenolic OH excluding ortho intramolecular Hbond substituents is 1. The minimum absolute atomic E-state index is 0.0761. The maximum atomic E-state index is 12.2. The molecule has 1 amide bonds. The molecule has 1 aromatic heterocycles. The molecule has 3 aromatic rings. The molecule has 1 aliphatic rings. The molecule has 28 heavy (non-hydrogen) atoms. The molecule has 1 aliphatic heterocycles. The summed E-state index contributed by atoms with van der Waals surface area (Å²) in [7, 11) is 0. The van der Waals surface area contributed by atoms with Crippen molar-refractivity contribution in [3.8, 4) is 11.6 Å². The highest BCUT2D eigenvalue weighted by atomic mass is 16.3. The summed E-state index contributed by atoms with van der Waals surface area (Å²) in [6.45, 7) is -0.365. The normalized spacial score (nSPS) is 13.6. The Balaban J connectivity index is 1.56. The van der Waals surface area contributed by atoms with Gasteiger partial charge in [-0.3, -0.25) is 14.4 Å². The molecular weight excluding hydrogens is 360 g/mol. The summed E-state index contributed by atoms with van der Waals surface area (Å²) in [5.41, 5.74) is 2.50. The number of hydrogen-bond acceptors (Lipinski definition) is 5. The Morgan fingerprint density at radius 3 is 2.68 bits per heavy atom. The van der Waals surface area contributed by atoms with Gasteiger partial charge >= 0.3 is 5.69 Å². The smallest absolute Gasteiger partial charge is 0.329 e. The van der Waals surface area contributed by atoms with E-state index in [1.807, 2.05) is 24.3 Å². The largest absolute Gasteiger partial charge is 0.508 e. The van der Waals surface area contributed by atoms with Crippen molar-refractivity contribution < 1.29 is 15.0 Å². The number of carbonyl (C=O) groups is 1. The molecule has 0 spiro atoms. The summed E-state index contributed by atoms with van der Waals surface area (Å²) in [5, 5.41) is 22.3. The van der Waals surface area contributed by atoms with E-state index >= 15 is 0 Å². The van der Waals surface area contributed by atoms with Gasteiger partial charge in [0.1, 0.15) is 18.0 Å². The number of para-hydroxylation sites is 1. The van der Waals surface area contributed by atoms with Crippen LogP contribution in [0.25, 0.3) is 11.6 Å². The van der Waals surface area contributed by atoms with Gasteiger partial charge < -0.3 is 20.5 Å². The van der Waals surface area contributed by atoms with Crippen LogP contribution in [0.3, 0.4) is 0 Å². The van der Waals surface area contributed by atoms with E-state index in [1.54, 1.807) is 12.3 Å². The fourth-order valence-corrected chi connectivity index (χ4v) is 2.93. The van der Waals surface area contributed by atoms with E-state index in [1.165, 1.54) is 24.3 Å². The Hall–Kier alpha value is -4.07. The summed E-state index contributed by atoms with van der Waals surface area (Å²) in [6, 6.07) is 13.4. The van der Waals surface area contributed by atoms with Crippen LogP contribution in [0.15, 0.2) is 58.3 Å². The highest BCUT2D eigenvalue weighted by Crippen LogP contribution is 2.32. The van der Waals surface area contributed by atoms with Crippen molar-refractivity contribution in [3.63, 3.8) is 0 Å². The molecule has 0 saturated heterocycles. The Bertz CT molecular complexity index is 1170. The van der Waals surface area contributed by atoms with Crippen LogP contribution in [0, 0.1) is 0 Å². The molecule has 4 N–H and O–H groups in total. The number of aliphatic imine (C=N–C) groups is 1. The van der Waals surface area contributed by atoms with E-state index in [2.05, 4.69) is 15.3 Å². The molecule has 0 fully saturated rings. The first-order chi connectivity index (χ1) is 13.5. The third-order valence-corrected chi connectivity index (χ3v) is 4.29. The van der Waals surface area contributed by atoms with E-state index in [-0.39, 0.29) is 23.9 Å². The molecule has 4 rings (SSSR count). The van der Waals surface area contributed by atoms with Crippen LogP contribution >= 0.6 is 0 Å². The number of nitrogens with zero attached hydrogens (tertiary/aromatic N) is 2. The maximum absolute atomic E-state index is 12.2. The number of imidazole rings is 1. The minimum atomic E-state index is -0.603. The SMILES string of the molecule is O=C(Cn1c(O)c(/C=C2/C=Nc3ccccc32)[nH]c1=O)Nc1ccc(O)cc1. The minimum Gasteiger partial charge on any atom is -0.508 e. The number of aromatic hydroxyl groups is 2. The number of carbonyl (C=O) groups excluding carboxylic acids is 1. The molecule has 140 valence electrons. The van der Waals surface area contributed by atoms with Gasteiger partial charge in [0, 0.05) is 23.0 Å². The zero-order valence-corrected chi connectivity index (χ0v) is 14.6. The lowest BCUT2D eigenvalue weighted by molar-refractivity contribution is -0.116. The number of anilines is 1. The highest BCUT2D eigenvalue weighted by Gasteiger charge is 2.17. The summed E-state index contributed by atoms with van der Waals surface area (Å²) < 4.78 is 0.945. The van der Waals surface area contributed by atoms with Crippen LogP contribution < -0.4 is 11.0 Å². The number of rotatable bonds is 4. The molecule has 0 bridgehead atoms. The second kappa shape index (κ2) is 6.92. The van der Waals surface area contributed by atoms with E-state index < -0.39 is 11.6 Å². The molecule has 0 aliphatic carbocycles. The number of phenols is 1. The predicted octanol–water partition coefficient (Wildman–Crippen LogP) is 2.48. The van der Waals surface area contributed by atoms with Crippen molar-refractivity contribution in [3.05, 3.63) is 70.3 Å². The summed E-state index contributed by atoms with van der Waals surface area (Å²) in [6.07, 6.45) is 3.26. The van der Waals surface area contributed by atoms with Crippen LogP contribution in [0.1, 0.15) is 11.3 Å². The Morgan fingerprint density at radius 2 is 1.89 bits per heavy atom. The topological polar surface area (TPSA) is 120 Å². The number of fused-ring (bicyclic) bond motifs is 1. The number of aromatic amines is 1. The van der Waals surface area contributed by atoms with Gasteiger partial charge in [0.2, 0.25) is 11.8 Å². The van der Waals surface area contributed by atoms with Crippen LogP contribution in [-0.2, 0) is 11.3 Å². The van der Waals surface area contributed by atoms with Crippen LogP contribution in [0.4, 0.5) is 11.4 Å². The predicted molar refractivity (Wildman–Crippen MR) is 106 cm³/mol. The van der Waals surface area contributed by atoms with E-state index in [0.717, 1.165) is 21.4 Å². The second-order valence-electron chi connectivity index (χ2n) is 6.22. The number of allylic oxidation sites excluding steroid dienone is 1. The number of H-pyrrole nitrogens is 1. The first kappa shape index (κ1) is 17.3. The molecule has 0 saturated carbocycles. The lowest BCUT2D eigenvalue weighted by Crippen LogP contribution is -2.25. The number of benzene rings is 2. The molecule has 2 aromatic carbocycles. The van der Waals surface area contributed by atoms with Gasteiger partial charge in [-0.15, -0.1) is 0 Å². The van der Waals surface area contributed by atoms with E-state index in [9.17, 15) is 19.8 Å². The zero-order chi connectivity index (χ0) is 19.7. The Morgan fingerprint density at radius 1 is 1.14 bits per heavy atom. The van der Waals surface area contributed by atoms with Gasteiger partial charge in [0.25, 0.3) is 0 Å². The van der Waals surface area contributed by atoms with Crippen molar-refractivity contribution in [2.24, 2.45) is 4.99 Å². The second-order valence-corrected chi connectivity index (χ2v) is 6.22. The van der Waals surface area contributed by atoms with Gasteiger partial charge in [-0.1, -0.05) is 18.2 Å². The fourth-order valence-electron chi connectivity index (χ4n) is 2.93. The number of aromatic nitrogens is 2. The van der Waals surface area contributed by atoms with Crippen molar-refractivity contribution in [2.75, 3.05) is 5.32 Å². The van der Waals surface area contributed by atoms with Gasteiger partial charge in [-0.2, -0.15) is 0 Å². The summed E-state index contributed by atoms with van der Waals surface area (Å²) >= 11 is 0. The molecule has 0 unspecified atom stereocenters. The van der Waals surface area contributed by atoms with Crippen molar-refractivity contribution in [1.29, 1.82) is 0 Å². The van der Waals surface area contributed by atoms with Gasteiger partial charge in [0.15, 0.2) is 0 Å². The van der Waals surface area contributed by atoms with Crippen LogP contribution in [0.2, 0.25) is 0 Å². The average Bonchev–Trinajstić information content (AvgIpc) is 3.20. The maximum Gasteiger partial charge on any atom is 0.329 e. The quantitative estimate of drug-likeness (QED) is 0.523. The van der Waals surface area contributed by atoms with Crippen molar-refractivity contribution in [2.45, 2.75) is 6.54 Å². The summed E-state index contributed by atoms with van der Waals surface area (Å²) in [5.74, 6) is -0.752. The molecular formula is C20H16N4O4. The lowest BCUT2D eigenvalue weighted by atomic mass is 10.1. The Labute approximate surface area is 159 Å². The standard InChI is InChI=1S/C20H16N4O4/c25-14-7-5-13(6-8-14)22-18(26)11-24-19(27)17(23-20(24)28)9-12-10-21-16-4-2-1-3-15(12)16/h1-10,25,27H,11H2,(H,22,26)(H,23,28)/b12-9-. The molecule has 0 atom stereocenters. The number of hydrogen-bond donors (Lipinski definition) is 4. The zero-order valence-electron chi connectivity index (χ0n) is 14.6. The highest BCUT2D eigenvalue weighted by molar-refractivity contribution is 6.21. The molecule has 2 heterocycles. The monoisotopic (exact) mass is 376 g/mol. The van der Waals surface area contributed by atoms with Crippen molar-refractivity contribution in [1.82, 2.24) is 9.55 Å². The van der Waals surface area contributed by atoms with Gasteiger partial charge in [-0.05, 0) is 36.4 Å². The Kier molecular flexibility index (Phi) is 4.29. The van der Waals surface area contributed by atoms with E-state index in [0.29, 0.717) is 5.69 Å². The molecule has 0 radical (unpaired) electrons. The third-order valence-electron chi connectivity index (χ3n) is 4.29. The fraction of sp³-hybridized carbons (Fsp3) is 0.0500. The van der Waals surface area contributed by atoms with Crippen LogP contribution in [-0.4, -0.2) is 31.9 Å². The third kappa shape index (κ3) is 3.30. The lowest BCUT2D eigenvalue weighted by Gasteiger charge is -2.06. The molecule has 8 heteroatoms. The van der Waals surface area contributed by atoms with Gasteiger partial charge in [0.05, 0.1) is 5.69 Å². The van der Waals surface area contributed by atoms with Crippen LogP contribution in [0.5, 0.6) is 11.6 Å². The van der Waals surface area contributed by atoms with E-state index in [4.69, 9.17) is 0 Å². The van der Waals surface area contributed by atoms with Crippen molar-refractivity contribution >= 4 is 35.1 Å². The van der Waals surface area contributed by atoms with Gasteiger partial charge in [-0.25, -0.2) is 4.79 Å². The first-order valence-corrected chi connectivity index (χ1v) is 8.47. The number of amides is 1. The summed E-state index contributed by atoms with van der Waals surface area (Å²) in [4.78, 5) is 31.2. The number of nitrogens with one attached hydrogen (secondary N) is 2. The molecule has 8 nitrogen and oxygen atoms in total.